The Morgan fingerprint density at radius 2 is 1.93 bits per heavy atom. The van der Waals surface area contributed by atoms with Gasteiger partial charge in [0.25, 0.3) is 0 Å². The molecule has 0 bridgehead atoms. The quantitative estimate of drug-likeness (QED) is 0.514. The van der Waals surface area contributed by atoms with Gasteiger partial charge in [-0.15, -0.1) is 0 Å². The van der Waals surface area contributed by atoms with Gasteiger partial charge in [0.1, 0.15) is 6.61 Å². The Morgan fingerprint density at radius 1 is 1.21 bits per heavy atom. The molecule has 2 heterocycles. The molecular formula is C20H30O8S. The number of cyclic esters (lactones) is 1. The number of carbonyl (C=O) groups excluding carboxylic acids is 1. The summed E-state index contributed by atoms with van der Waals surface area (Å²) in [6.07, 6.45) is 4.23. The lowest BCUT2D eigenvalue weighted by Gasteiger charge is -2.61. The van der Waals surface area contributed by atoms with Crippen molar-refractivity contribution in [2.45, 2.75) is 70.7 Å². The van der Waals surface area contributed by atoms with Crippen LogP contribution in [-0.2, 0) is 28.9 Å². The SMILES string of the molecule is C[C@]1(COS(=O)(=O)O)[C@H]2CC[C@]3(C)O[C@@H](C4=CCOC4=O)C[C@H]3[C@]2(C)CC[C@H]1O. The van der Waals surface area contributed by atoms with Gasteiger partial charge in [0, 0.05) is 5.41 Å². The number of hydrogen-bond donors (Lipinski definition) is 2. The van der Waals surface area contributed by atoms with E-state index in [9.17, 15) is 18.3 Å². The number of esters is 1. The van der Waals surface area contributed by atoms with Crippen molar-refractivity contribution in [3.05, 3.63) is 11.6 Å². The average molecular weight is 431 g/mol. The molecule has 164 valence electrons. The largest absolute Gasteiger partial charge is 0.458 e. The number of aliphatic hydroxyl groups excluding tert-OH is 1. The van der Waals surface area contributed by atoms with Crippen LogP contribution >= 0.6 is 0 Å². The lowest BCUT2D eigenvalue weighted by molar-refractivity contribution is -0.194. The predicted molar refractivity (Wildman–Crippen MR) is 102 cm³/mol. The van der Waals surface area contributed by atoms with Crippen molar-refractivity contribution in [2.75, 3.05) is 13.2 Å². The third-order valence-corrected chi connectivity index (χ3v) is 8.67. The van der Waals surface area contributed by atoms with E-state index in [0.717, 1.165) is 19.3 Å². The molecule has 2 N–H and O–H groups in total. The van der Waals surface area contributed by atoms with E-state index in [0.29, 0.717) is 18.4 Å². The van der Waals surface area contributed by atoms with Crippen LogP contribution in [-0.4, -0.2) is 55.1 Å². The molecule has 0 spiro atoms. The Kier molecular flexibility index (Phi) is 4.94. The molecule has 0 aromatic rings. The second kappa shape index (κ2) is 6.75. The van der Waals surface area contributed by atoms with Gasteiger partial charge in [0.05, 0.1) is 30.0 Å². The van der Waals surface area contributed by atoms with Gasteiger partial charge in [-0.2, -0.15) is 8.42 Å². The van der Waals surface area contributed by atoms with Crippen molar-refractivity contribution in [3.63, 3.8) is 0 Å². The summed E-state index contributed by atoms with van der Waals surface area (Å²) in [7, 11) is -4.59. The van der Waals surface area contributed by atoms with Crippen LogP contribution in [0.15, 0.2) is 11.6 Å². The maximum Gasteiger partial charge on any atom is 0.397 e. The maximum absolute atomic E-state index is 12.1. The average Bonchev–Trinajstić information content (AvgIpc) is 3.20. The number of hydrogen-bond acceptors (Lipinski definition) is 7. The van der Waals surface area contributed by atoms with Crippen molar-refractivity contribution < 1.29 is 36.5 Å². The first-order chi connectivity index (χ1) is 13.4. The molecular weight excluding hydrogens is 400 g/mol. The van der Waals surface area contributed by atoms with Crippen LogP contribution in [0.3, 0.4) is 0 Å². The molecule has 0 radical (unpaired) electrons. The van der Waals surface area contributed by atoms with Crippen molar-refractivity contribution in [1.29, 1.82) is 0 Å². The molecule has 0 amide bonds. The Hall–Kier alpha value is -1.00. The molecule has 1 saturated heterocycles. The molecule has 2 aliphatic carbocycles. The molecule has 4 aliphatic rings. The van der Waals surface area contributed by atoms with Crippen molar-refractivity contribution in [3.8, 4) is 0 Å². The molecule has 3 fully saturated rings. The Balaban J connectivity index is 1.64. The topological polar surface area (TPSA) is 119 Å². The number of rotatable bonds is 4. The minimum atomic E-state index is -4.59. The number of aliphatic hydroxyl groups is 1. The van der Waals surface area contributed by atoms with E-state index in [1.54, 1.807) is 6.08 Å². The number of ether oxygens (including phenoxy) is 2. The van der Waals surface area contributed by atoms with Crippen LogP contribution in [0.2, 0.25) is 0 Å². The van der Waals surface area contributed by atoms with Crippen LogP contribution in [0.4, 0.5) is 0 Å². The second-order valence-electron chi connectivity index (χ2n) is 9.81. The van der Waals surface area contributed by atoms with Crippen LogP contribution in [0.25, 0.3) is 0 Å². The van der Waals surface area contributed by atoms with Gasteiger partial charge < -0.3 is 14.6 Å². The highest BCUT2D eigenvalue weighted by Crippen LogP contribution is 2.66. The predicted octanol–water partition coefficient (Wildman–Crippen LogP) is 2.03. The van der Waals surface area contributed by atoms with Gasteiger partial charge in [-0.3, -0.25) is 4.55 Å². The number of fused-ring (bicyclic) bond motifs is 3. The Bertz CT molecular complexity index is 837. The number of carbonyl (C=O) groups is 1. The fraction of sp³-hybridized carbons (Fsp3) is 0.850. The highest BCUT2D eigenvalue weighted by molar-refractivity contribution is 7.80. The summed E-state index contributed by atoms with van der Waals surface area (Å²) in [6.45, 7) is 6.14. The van der Waals surface area contributed by atoms with Gasteiger partial charge in [-0.1, -0.05) is 13.8 Å². The zero-order chi connectivity index (χ0) is 21.2. The zero-order valence-electron chi connectivity index (χ0n) is 17.1. The van der Waals surface area contributed by atoms with Gasteiger partial charge in [-0.05, 0) is 62.4 Å². The Morgan fingerprint density at radius 3 is 2.55 bits per heavy atom. The second-order valence-corrected chi connectivity index (χ2v) is 10.9. The van der Waals surface area contributed by atoms with Gasteiger partial charge in [0.2, 0.25) is 0 Å². The summed E-state index contributed by atoms with van der Waals surface area (Å²) in [5, 5.41) is 10.8. The molecule has 4 rings (SSSR count). The van der Waals surface area contributed by atoms with Crippen LogP contribution in [0.5, 0.6) is 0 Å². The smallest absolute Gasteiger partial charge is 0.397 e. The van der Waals surface area contributed by atoms with E-state index >= 15 is 0 Å². The highest BCUT2D eigenvalue weighted by Gasteiger charge is 2.65. The standard InChI is InChI=1S/C20H30O8S/c1-18-7-5-16(21)19(2,11-27-29(23,24)25)14(18)4-8-20(3)15(18)10-13(28-20)12-6-9-26-17(12)22/h6,13-16,21H,4-5,7-11H2,1-3H3,(H,23,24,25)/t13-,14+,15+,16-,18-,19+,20+/m1/s1. The minimum absolute atomic E-state index is 0.00886. The van der Waals surface area contributed by atoms with Crippen molar-refractivity contribution in [1.82, 2.24) is 0 Å². The molecule has 2 aliphatic heterocycles. The molecule has 7 atom stereocenters. The van der Waals surface area contributed by atoms with Gasteiger partial charge >= 0.3 is 16.4 Å². The molecule has 8 nitrogen and oxygen atoms in total. The van der Waals surface area contributed by atoms with E-state index in [2.05, 4.69) is 13.8 Å². The Labute approximate surface area is 171 Å². The zero-order valence-corrected chi connectivity index (χ0v) is 17.9. The summed E-state index contributed by atoms with van der Waals surface area (Å²) in [5.74, 6) is -0.180. The lowest BCUT2D eigenvalue weighted by atomic mass is 9.44. The maximum atomic E-state index is 12.1. The van der Waals surface area contributed by atoms with Crippen molar-refractivity contribution in [2.24, 2.45) is 22.7 Å². The first-order valence-electron chi connectivity index (χ1n) is 10.2. The fourth-order valence-electron chi connectivity index (χ4n) is 6.79. The fourth-order valence-corrected chi connectivity index (χ4v) is 7.19. The molecule has 2 saturated carbocycles. The normalized spacial score (nSPS) is 47.3. The van der Waals surface area contributed by atoms with Crippen molar-refractivity contribution >= 4 is 16.4 Å². The van der Waals surface area contributed by atoms with Crippen LogP contribution in [0, 0.1) is 22.7 Å². The third-order valence-electron chi connectivity index (χ3n) is 8.25. The summed E-state index contributed by atoms with van der Waals surface area (Å²) >= 11 is 0. The van der Waals surface area contributed by atoms with E-state index < -0.39 is 27.5 Å². The van der Waals surface area contributed by atoms with Gasteiger partial charge in [-0.25, -0.2) is 8.98 Å². The van der Waals surface area contributed by atoms with Crippen LogP contribution < -0.4 is 0 Å². The van der Waals surface area contributed by atoms with E-state index in [4.69, 9.17) is 18.2 Å². The van der Waals surface area contributed by atoms with E-state index in [-0.39, 0.29) is 42.5 Å². The van der Waals surface area contributed by atoms with Crippen LogP contribution in [0.1, 0.15) is 52.9 Å². The van der Waals surface area contributed by atoms with E-state index in [1.807, 2.05) is 6.92 Å². The first-order valence-corrected chi connectivity index (χ1v) is 11.6. The summed E-state index contributed by atoms with van der Waals surface area (Å²) in [5.41, 5.74) is -0.837. The molecule has 0 unspecified atom stereocenters. The molecule has 0 aromatic heterocycles. The highest BCUT2D eigenvalue weighted by atomic mass is 32.3. The molecule has 9 heteroatoms. The monoisotopic (exact) mass is 430 g/mol. The molecule has 0 aromatic carbocycles. The minimum Gasteiger partial charge on any atom is -0.458 e. The third kappa shape index (κ3) is 3.35. The van der Waals surface area contributed by atoms with E-state index in [1.165, 1.54) is 0 Å². The summed E-state index contributed by atoms with van der Waals surface area (Å²) < 4.78 is 47.7. The lowest BCUT2D eigenvalue weighted by Crippen LogP contribution is -2.61. The summed E-state index contributed by atoms with van der Waals surface area (Å²) in [4.78, 5) is 12.1. The first kappa shape index (κ1) is 21.2. The molecule has 29 heavy (non-hydrogen) atoms. The van der Waals surface area contributed by atoms with Gasteiger partial charge in [0.15, 0.2) is 0 Å². The summed E-state index contributed by atoms with van der Waals surface area (Å²) in [6, 6.07) is 0.